The van der Waals surface area contributed by atoms with Crippen LogP contribution < -0.4 is 25.2 Å². The van der Waals surface area contributed by atoms with Crippen LogP contribution in [0, 0.1) is 5.82 Å². The zero-order valence-corrected chi connectivity index (χ0v) is 23.7. The number of carbonyl (C=O) groups excluding carboxylic acids is 2. The maximum absolute atomic E-state index is 14.0. The smallest absolute Gasteiger partial charge is 0.277 e. The maximum atomic E-state index is 14.0. The van der Waals surface area contributed by atoms with Crippen LogP contribution in [0.3, 0.4) is 0 Å². The molecule has 0 saturated heterocycles. The van der Waals surface area contributed by atoms with E-state index in [1.807, 2.05) is 35.3 Å². The molecule has 1 aromatic heterocycles. The van der Waals surface area contributed by atoms with Crippen LogP contribution in [0.4, 0.5) is 4.39 Å². The average molecular weight is 575 g/mol. The molecular weight excluding hydrogens is 539 g/mol. The molecule has 0 spiro atoms. The Bertz CT molecular complexity index is 1520. The number of nitrogens with one attached hydrogen (secondary N) is 1. The third kappa shape index (κ3) is 6.64. The molecule has 0 atom stereocenters. The van der Waals surface area contributed by atoms with E-state index in [0.717, 1.165) is 31.2 Å². The van der Waals surface area contributed by atoms with Gasteiger partial charge in [0.05, 0.1) is 6.61 Å². The lowest BCUT2D eigenvalue weighted by Crippen LogP contribution is -2.53. The number of amides is 2. The van der Waals surface area contributed by atoms with E-state index in [-0.39, 0.29) is 36.1 Å². The number of hydrogen-bond acceptors (Lipinski definition) is 6. The van der Waals surface area contributed by atoms with E-state index in [2.05, 4.69) is 17.5 Å². The van der Waals surface area contributed by atoms with Gasteiger partial charge < -0.3 is 19.7 Å². The van der Waals surface area contributed by atoms with Crippen LogP contribution in [0.5, 0.6) is 11.5 Å². The molecule has 1 N–H and O–H groups in total. The average Bonchev–Trinajstić information content (AvgIpc) is 2.99. The number of ether oxygens (including phenoxy) is 2. The molecule has 0 fully saturated rings. The van der Waals surface area contributed by atoms with Crippen LogP contribution in [0.1, 0.15) is 64.1 Å². The number of rotatable bonds is 3. The molecule has 2 aromatic carbocycles. The molecule has 0 unspecified atom stereocenters. The lowest BCUT2D eigenvalue weighted by molar-refractivity contribution is 0.0727. The van der Waals surface area contributed by atoms with Gasteiger partial charge in [-0.1, -0.05) is 55.0 Å². The van der Waals surface area contributed by atoms with Crippen LogP contribution in [0.25, 0.3) is 0 Å². The Morgan fingerprint density at radius 1 is 1.00 bits per heavy atom. The molecule has 0 radical (unpaired) electrons. The second kappa shape index (κ2) is 13.4. The summed E-state index contributed by atoms with van der Waals surface area (Å²) in [5, 5.41) is 4.72. The largest absolute Gasteiger partial charge is 0.493 e. The Morgan fingerprint density at radius 3 is 2.64 bits per heavy atom. The van der Waals surface area contributed by atoms with E-state index in [9.17, 15) is 18.8 Å². The van der Waals surface area contributed by atoms with E-state index in [0.29, 0.717) is 37.6 Å². The zero-order chi connectivity index (χ0) is 29.5. The molecule has 2 aliphatic rings. The second-order valence-electron chi connectivity index (χ2n) is 10.4. The van der Waals surface area contributed by atoms with Crippen molar-refractivity contribution in [1.82, 2.24) is 14.9 Å². The minimum Gasteiger partial charge on any atom is -0.493 e. The van der Waals surface area contributed by atoms with Gasteiger partial charge in [0, 0.05) is 38.0 Å². The molecular formula is C32H35FN4O5. The topological polar surface area (TPSA) is 93.1 Å². The molecule has 10 heteroatoms. The lowest BCUT2D eigenvalue weighted by atomic mass is 10.1. The number of allylic oxidation sites excluding steroid dienone is 1. The maximum Gasteiger partial charge on any atom is 0.277 e. The first-order valence-electron chi connectivity index (χ1n) is 14.2. The van der Waals surface area contributed by atoms with E-state index in [4.69, 9.17) is 9.47 Å². The van der Waals surface area contributed by atoms with Crippen molar-refractivity contribution in [2.24, 2.45) is 0 Å². The fourth-order valence-electron chi connectivity index (χ4n) is 5.04. The second-order valence-corrected chi connectivity index (χ2v) is 10.4. The fraction of sp³-hybridized carbons (Fsp3) is 0.344. The Hall–Kier alpha value is -4.60. The van der Waals surface area contributed by atoms with Crippen LogP contribution in [0.2, 0.25) is 0 Å². The van der Waals surface area contributed by atoms with E-state index in [1.54, 1.807) is 17.8 Å². The van der Waals surface area contributed by atoms with Crippen molar-refractivity contribution in [2.45, 2.75) is 45.3 Å². The van der Waals surface area contributed by atoms with Gasteiger partial charge >= 0.3 is 0 Å². The number of nitrogens with zero attached hydrogens (tertiary/aromatic N) is 3. The molecule has 2 amide bonds. The van der Waals surface area contributed by atoms with Crippen LogP contribution >= 0.6 is 0 Å². The minimum atomic E-state index is -0.675. The predicted molar refractivity (Wildman–Crippen MR) is 157 cm³/mol. The summed E-state index contributed by atoms with van der Waals surface area (Å²) < 4.78 is 27.4. The third-order valence-electron chi connectivity index (χ3n) is 7.31. The lowest BCUT2D eigenvalue weighted by Gasteiger charge is -2.38. The summed E-state index contributed by atoms with van der Waals surface area (Å²) in [6.07, 6.45) is 10.0. The molecule has 9 nitrogen and oxygen atoms in total. The van der Waals surface area contributed by atoms with Gasteiger partial charge in [-0.15, -0.1) is 0 Å². The van der Waals surface area contributed by atoms with Crippen molar-refractivity contribution in [3.05, 3.63) is 105 Å². The molecule has 220 valence electrons. The van der Waals surface area contributed by atoms with Crippen LogP contribution in [-0.4, -0.2) is 48.3 Å². The Labute approximate surface area is 244 Å². The summed E-state index contributed by atoms with van der Waals surface area (Å²) in [5.74, 6) is -1.29. The SMILES string of the molecule is CN1CN2CCCCC/C=C/CCOc3cc(F)ccc3CNC(=O)c3cn2c(c(OCc2ccccc2)c3=O)C1=O. The monoisotopic (exact) mass is 574 g/mol. The highest BCUT2D eigenvalue weighted by Gasteiger charge is 2.33. The summed E-state index contributed by atoms with van der Waals surface area (Å²) in [5.41, 5.74) is 0.642. The molecule has 42 heavy (non-hydrogen) atoms. The summed E-state index contributed by atoms with van der Waals surface area (Å²) in [4.78, 5) is 42.2. The van der Waals surface area contributed by atoms with Crippen molar-refractivity contribution in [3.63, 3.8) is 0 Å². The molecule has 0 saturated carbocycles. The van der Waals surface area contributed by atoms with Gasteiger partial charge in [0.15, 0.2) is 11.4 Å². The summed E-state index contributed by atoms with van der Waals surface area (Å²) in [6, 6.07) is 13.4. The molecule has 2 aliphatic heterocycles. The van der Waals surface area contributed by atoms with Crippen molar-refractivity contribution < 1.29 is 23.5 Å². The normalized spacial score (nSPS) is 17.2. The molecule has 2 bridgehead atoms. The summed E-state index contributed by atoms with van der Waals surface area (Å²) in [6.45, 7) is 1.34. The first kappa shape index (κ1) is 28.9. The van der Waals surface area contributed by atoms with Crippen LogP contribution in [-0.2, 0) is 13.2 Å². The zero-order valence-electron chi connectivity index (χ0n) is 23.7. The first-order valence-corrected chi connectivity index (χ1v) is 14.2. The minimum absolute atomic E-state index is 0.0110. The van der Waals surface area contributed by atoms with Crippen molar-refractivity contribution in [1.29, 1.82) is 0 Å². The third-order valence-corrected chi connectivity index (χ3v) is 7.31. The Morgan fingerprint density at radius 2 is 1.81 bits per heavy atom. The van der Waals surface area contributed by atoms with Crippen molar-refractivity contribution in [2.75, 3.05) is 31.9 Å². The van der Waals surface area contributed by atoms with Gasteiger partial charge in [0.1, 0.15) is 30.4 Å². The first-order chi connectivity index (χ1) is 20.4. The van der Waals surface area contributed by atoms with Gasteiger partial charge in [-0.3, -0.25) is 24.1 Å². The predicted octanol–water partition coefficient (Wildman–Crippen LogP) is 4.38. The van der Waals surface area contributed by atoms with Gasteiger partial charge in [0.2, 0.25) is 5.43 Å². The highest BCUT2D eigenvalue weighted by Crippen LogP contribution is 2.24. The van der Waals surface area contributed by atoms with Crippen LogP contribution in [0.15, 0.2) is 71.7 Å². The van der Waals surface area contributed by atoms with Gasteiger partial charge in [-0.05, 0) is 37.3 Å². The number of benzene rings is 2. The fourth-order valence-corrected chi connectivity index (χ4v) is 5.04. The Balaban J connectivity index is 1.54. The number of halogens is 1. The van der Waals surface area contributed by atoms with Crippen molar-refractivity contribution in [3.8, 4) is 11.5 Å². The highest BCUT2D eigenvalue weighted by molar-refractivity contribution is 5.99. The standard InChI is InChI=1S/C32H35FN4O5/c1-35-22-36-16-10-5-3-2-4-6-11-17-41-27-18-25(33)15-14-24(27)19-34-31(39)26-20-37(36)28(32(35)40)30(29(26)38)42-21-23-12-8-7-9-13-23/h4,6-9,12-15,18,20H,2-3,5,10-11,16-17,19,21-22H2,1H3,(H,34,39)/b6-4+. The van der Waals surface area contributed by atoms with E-state index < -0.39 is 17.2 Å². The van der Waals surface area contributed by atoms with E-state index >= 15 is 0 Å². The van der Waals surface area contributed by atoms with E-state index in [1.165, 1.54) is 23.2 Å². The quantitative estimate of drug-likeness (QED) is 0.467. The Kier molecular flexibility index (Phi) is 9.21. The number of aromatic nitrogens is 1. The number of carbonyl (C=O) groups is 2. The number of fused-ring (bicyclic) bond motifs is 2. The van der Waals surface area contributed by atoms with Gasteiger partial charge in [-0.2, -0.15) is 0 Å². The van der Waals surface area contributed by atoms with Gasteiger partial charge in [-0.25, -0.2) is 4.39 Å². The van der Waals surface area contributed by atoms with Crippen molar-refractivity contribution >= 4 is 11.8 Å². The molecule has 0 aliphatic carbocycles. The number of pyridine rings is 1. The summed E-state index contributed by atoms with van der Waals surface area (Å²) >= 11 is 0. The molecule has 3 heterocycles. The van der Waals surface area contributed by atoms with Gasteiger partial charge in [0.25, 0.3) is 11.8 Å². The number of hydrogen-bond donors (Lipinski definition) is 1. The molecule has 5 rings (SSSR count). The molecule has 3 aromatic rings. The highest BCUT2D eigenvalue weighted by atomic mass is 19.1. The summed E-state index contributed by atoms with van der Waals surface area (Å²) in [7, 11) is 1.68.